The lowest BCUT2D eigenvalue weighted by molar-refractivity contribution is 0.722. The SMILES string of the molecule is CNc1nc(NCCn2ccnc2)nc(-n2ccnc2)n1. The molecular formula is C12H15N9. The molecule has 0 aromatic carbocycles. The number of nitrogens with one attached hydrogen (secondary N) is 2. The second kappa shape index (κ2) is 5.99. The molecule has 2 N–H and O–H groups in total. The third-order valence-corrected chi connectivity index (χ3v) is 2.79. The summed E-state index contributed by atoms with van der Waals surface area (Å²) in [5.74, 6) is 1.52. The fourth-order valence-electron chi connectivity index (χ4n) is 1.76. The third kappa shape index (κ3) is 3.14. The van der Waals surface area contributed by atoms with Crippen LogP contribution in [0.15, 0.2) is 37.4 Å². The summed E-state index contributed by atoms with van der Waals surface area (Å²) in [6.45, 7) is 1.47. The first-order valence-corrected chi connectivity index (χ1v) is 6.47. The maximum absolute atomic E-state index is 4.37. The molecule has 0 saturated heterocycles. The van der Waals surface area contributed by atoms with Crippen molar-refractivity contribution in [1.82, 2.24) is 34.1 Å². The summed E-state index contributed by atoms with van der Waals surface area (Å²) in [5.41, 5.74) is 0. The van der Waals surface area contributed by atoms with E-state index in [1.165, 1.54) is 0 Å². The summed E-state index contributed by atoms with van der Waals surface area (Å²) < 4.78 is 3.70. The van der Waals surface area contributed by atoms with Crippen LogP contribution in [0.25, 0.3) is 5.95 Å². The summed E-state index contributed by atoms with van der Waals surface area (Å²) in [6.07, 6.45) is 10.5. The molecule has 0 fully saturated rings. The molecule has 9 heteroatoms. The minimum absolute atomic E-state index is 0.499. The Labute approximate surface area is 121 Å². The van der Waals surface area contributed by atoms with Crippen molar-refractivity contribution in [1.29, 1.82) is 0 Å². The van der Waals surface area contributed by atoms with E-state index in [1.54, 1.807) is 42.9 Å². The van der Waals surface area contributed by atoms with Crippen molar-refractivity contribution in [3.8, 4) is 5.95 Å². The van der Waals surface area contributed by atoms with Crippen LogP contribution in [0.5, 0.6) is 0 Å². The lowest BCUT2D eigenvalue weighted by atomic mass is 10.6. The largest absolute Gasteiger partial charge is 0.357 e. The average molecular weight is 285 g/mol. The van der Waals surface area contributed by atoms with Crippen LogP contribution in [-0.2, 0) is 6.54 Å². The number of anilines is 2. The van der Waals surface area contributed by atoms with Gasteiger partial charge in [-0.2, -0.15) is 15.0 Å². The van der Waals surface area contributed by atoms with E-state index in [0.717, 1.165) is 6.54 Å². The van der Waals surface area contributed by atoms with E-state index in [1.807, 2.05) is 10.8 Å². The van der Waals surface area contributed by atoms with Gasteiger partial charge in [-0.25, -0.2) is 9.97 Å². The Kier molecular flexibility index (Phi) is 3.72. The smallest absolute Gasteiger partial charge is 0.241 e. The summed E-state index contributed by atoms with van der Waals surface area (Å²) in [6, 6.07) is 0. The molecule has 3 rings (SSSR count). The molecule has 21 heavy (non-hydrogen) atoms. The zero-order valence-electron chi connectivity index (χ0n) is 11.5. The maximum Gasteiger partial charge on any atom is 0.241 e. The van der Waals surface area contributed by atoms with Crippen LogP contribution in [0, 0.1) is 0 Å². The molecule has 3 aromatic rings. The van der Waals surface area contributed by atoms with Crippen molar-refractivity contribution >= 4 is 11.9 Å². The number of aromatic nitrogens is 7. The topological polar surface area (TPSA) is 98.4 Å². The predicted molar refractivity (Wildman–Crippen MR) is 77.2 cm³/mol. The molecule has 0 radical (unpaired) electrons. The Morgan fingerprint density at radius 2 is 1.81 bits per heavy atom. The van der Waals surface area contributed by atoms with Crippen LogP contribution in [-0.4, -0.2) is 47.6 Å². The molecule has 0 amide bonds. The zero-order valence-corrected chi connectivity index (χ0v) is 11.5. The monoisotopic (exact) mass is 285 g/mol. The van der Waals surface area contributed by atoms with Crippen molar-refractivity contribution in [2.45, 2.75) is 6.54 Å². The van der Waals surface area contributed by atoms with Gasteiger partial charge in [0.2, 0.25) is 17.8 Å². The van der Waals surface area contributed by atoms with Gasteiger partial charge >= 0.3 is 0 Å². The van der Waals surface area contributed by atoms with Gasteiger partial charge in [0.1, 0.15) is 6.33 Å². The summed E-state index contributed by atoms with van der Waals surface area (Å²) in [7, 11) is 1.77. The van der Waals surface area contributed by atoms with Crippen molar-refractivity contribution in [3.05, 3.63) is 37.4 Å². The second-order valence-electron chi connectivity index (χ2n) is 4.23. The molecule has 0 aliphatic carbocycles. The van der Waals surface area contributed by atoms with E-state index in [2.05, 4.69) is 35.6 Å². The van der Waals surface area contributed by atoms with Gasteiger partial charge in [-0.05, 0) is 0 Å². The van der Waals surface area contributed by atoms with Gasteiger partial charge in [0, 0.05) is 44.9 Å². The number of hydrogen-bond acceptors (Lipinski definition) is 7. The highest BCUT2D eigenvalue weighted by Gasteiger charge is 2.06. The summed E-state index contributed by atoms with van der Waals surface area (Å²) >= 11 is 0. The Morgan fingerprint density at radius 3 is 2.52 bits per heavy atom. The minimum atomic E-state index is 0.499. The van der Waals surface area contributed by atoms with E-state index >= 15 is 0 Å². The summed E-state index contributed by atoms with van der Waals surface area (Å²) in [5, 5.41) is 6.10. The Hall–Kier alpha value is -2.97. The van der Waals surface area contributed by atoms with Crippen LogP contribution in [0.3, 0.4) is 0 Å². The lowest BCUT2D eigenvalue weighted by Gasteiger charge is -2.09. The third-order valence-electron chi connectivity index (χ3n) is 2.79. The Bertz CT molecular complexity index is 675. The first-order chi connectivity index (χ1) is 10.3. The Morgan fingerprint density at radius 1 is 1.00 bits per heavy atom. The van der Waals surface area contributed by atoms with Gasteiger partial charge in [-0.15, -0.1) is 0 Å². The maximum atomic E-state index is 4.37. The fourth-order valence-corrected chi connectivity index (χ4v) is 1.76. The molecule has 3 aromatic heterocycles. The van der Waals surface area contributed by atoms with Crippen molar-refractivity contribution < 1.29 is 0 Å². The van der Waals surface area contributed by atoms with Crippen LogP contribution in [0.2, 0.25) is 0 Å². The van der Waals surface area contributed by atoms with E-state index in [0.29, 0.717) is 24.4 Å². The van der Waals surface area contributed by atoms with Gasteiger partial charge in [0.15, 0.2) is 0 Å². The highest BCUT2D eigenvalue weighted by molar-refractivity contribution is 5.37. The normalized spacial score (nSPS) is 10.5. The van der Waals surface area contributed by atoms with Gasteiger partial charge in [-0.1, -0.05) is 0 Å². The predicted octanol–water partition coefficient (Wildman–Crippen LogP) is 0.408. The average Bonchev–Trinajstić information content (AvgIpc) is 3.20. The molecule has 0 aliphatic rings. The van der Waals surface area contributed by atoms with Gasteiger partial charge in [0.25, 0.3) is 0 Å². The number of rotatable bonds is 6. The molecule has 3 heterocycles. The van der Waals surface area contributed by atoms with Crippen LogP contribution in [0.1, 0.15) is 0 Å². The Balaban J connectivity index is 1.73. The van der Waals surface area contributed by atoms with E-state index in [4.69, 9.17) is 0 Å². The van der Waals surface area contributed by atoms with Crippen molar-refractivity contribution in [2.24, 2.45) is 0 Å². The molecule has 0 atom stereocenters. The molecule has 0 saturated carbocycles. The molecule has 0 bridgehead atoms. The first kappa shape index (κ1) is 13.0. The van der Waals surface area contributed by atoms with Crippen molar-refractivity contribution in [2.75, 3.05) is 24.2 Å². The fraction of sp³-hybridized carbons (Fsp3) is 0.250. The number of hydrogen-bond donors (Lipinski definition) is 2. The quantitative estimate of drug-likeness (QED) is 0.676. The highest BCUT2D eigenvalue weighted by atomic mass is 15.3. The minimum Gasteiger partial charge on any atom is -0.357 e. The van der Waals surface area contributed by atoms with E-state index in [-0.39, 0.29) is 0 Å². The highest BCUT2D eigenvalue weighted by Crippen LogP contribution is 2.08. The van der Waals surface area contributed by atoms with Gasteiger partial charge in [-0.3, -0.25) is 4.57 Å². The molecule has 0 unspecified atom stereocenters. The van der Waals surface area contributed by atoms with Crippen LogP contribution >= 0.6 is 0 Å². The second-order valence-corrected chi connectivity index (χ2v) is 4.23. The van der Waals surface area contributed by atoms with Gasteiger partial charge in [0.05, 0.1) is 6.33 Å². The zero-order chi connectivity index (χ0) is 14.5. The number of imidazole rings is 2. The summed E-state index contributed by atoms with van der Waals surface area (Å²) in [4.78, 5) is 20.9. The molecule has 0 spiro atoms. The molecular weight excluding hydrogens is 270 g/mol. The van der Waals surface area contributed by atoms with E-state index < -0.39 is 0 Å². The van der Waals surface area contributed by atoms with Gasteiger partial charge < -0.3 is 15.2 Å². The first-order valence-electron chi connectivity index (χ1n) is 6.47. The number of nitrogens with zero attached hydrogens (tertiary/aromatic N) is 7. The molecule has 0 aliphatic heterocycles. The van der Waals surface area contributed by atoms with E-state index in [9.17, 15) is 0 Å². The molecule has 108 valence electrons. The van der Waals surface area contributed by atoms with Crippen LogP contribution < -0.4 is 10.6 Å². The van der Waals surface area contributed by atoms with Crippen LogP contribution in [0.4, 0.5) is 11.9 Å². The standard InChI is InChI=1S/C12H15N9/c1-13-10-17-11(16-4-6-20-5-2-14-8-20)19-12(18-10)21-7-3-15-9-21/h2-3,5,7-9H,4,6H2,1H3,(H2,13,16,17,18,19). The molecule has 9 nitrogen and oxygen atoms in total. The van der Waals surface area contributed by atoms with Crippen molar-refractivity contribution in [3.63, 3.8) is 0 Å². The lowest BCUT2D eigenvalue weighted by Crippen LogP contribution is -2.14.